The number of hydrazine groups is 1. The van der Waals surface area contributed by atoms with Crippen molar-refractivity contribution in [1.82, 2.24) is 10.9 Å². The summed E-state index contributed by atoms with van der Waals surface area (Å²) in [5.41, 5.74) is 16.2. The molecule has 0 atom stereocenters. The van der Waals surface area contributed by atoms with Gasteiger partial charge >= 0.3 is 0 Å². The van der Waals surface area contributed by atoms with E-state index in [-0.39, 0.29) is 21.1 Å². The van der Waals surface area contributed by atoms with Crippen molar-refractivity contribution in [3.63, 3.8) is 0 Å². The fourth-order valence-corrected chi connectivity index (χ4v) is 2.41. The second-order valence-corrected chi connectivity index (χ2v) is 5.02. The maximum Gasteiger partial charge on any atom is 0.282 e. The second kappa shape index (κ2) is 5.94. The molecule has 21 heavy (non-hydrogen) atoms. The molecule has 0 fully saturated rings. The number of nitriles is 1. The van der Waals surface area contributed by atoms with Crippen LogP contribution in [0.3, 0.4) is 0 Å². The molecule has 8 heteroatoms. The van der Waals surface area contributed by atoms with Crippen molar-refractivity contribution < 1.29 is 9.59 Å². The van der Waals surface area contributed by atoms with Gasteiger partial charge in [0.2, 0.25) is 0 Å². The van der Waals surface area contributed by atoms with E-state index >= 15 is 0 Å². The van der Waals surface area contributed by atoms with Gasteiger partial charge in [-0.2, -0.15) is 5.26 Å². The van der Waals surface area contributed by atoms with E-state index in [4.69, 9.17) is 16.7 Å². The standard InChI is InChI=1S/C13H11N5O2S/c14-6-8-9(15)10(21-11(8)16)13(20)18-17-12(19)7-4-2-1-3-5-7/h1-5H,15-16H2,(H,17,19)(H,18,20). The third-order valence-electron chi connectivity index (χ3n) is 2.62. The fraction of sp³-hybridized carbons (Fsp3) is 0. The van der Waals surface area contributed by atoms with Crippen LogP contribution in [0.25, 0.3) is 0 Å². The number of rotatable bonds is 2. The number of carbonyl (C=O) groups is 2. The Bertz CT molecular complexity index is 733. The quantitative estimate of drug-likeness (QED) is 0.610. The Morgan fingerprint density at radius 2 is 1.71 bits per heavy atom. The molecule has 1 heterocycles. The Hall–Kier alpha value is -3.05. The van der Waals surface area contributed by atoms with Crippen LogP contribution in [0.5, 0.6) is 0 Å². The first-order valence-electron chi connectivity index (χ1n) is 5.78. The molecule has 0 spiro atoms. The molecule has 0 aliphatic heterocycles. The molecule has 2 amide bonds. The lowest BCUT2D eigenvalue weighted by Gasteiger charge is -2.06. The van der Waals surface area contributed by atoms with Crippen molar-refractivity contribution in [1.29, 1.82) is 5.26 Å². The maximum atomic E-state index is 11.9. The Morgan fingerprint density at radius 1 is 1.10 bits per heavy atom. The molecule has 1 aromatic carbocycles. The molecular formula is C13H11N5O2S. The summed E-state index contributed by atoms with van der Waals surface area (Å²) in [4.78, 5) is 23.8. The Labute approximate surface area is 124 Å². The summed E-state index contributed by atoms with van der Waals surface area (Å²) in [7, 11) is 0. The molecule has 0 aliphatic rings. The number of nitrogen functional groups attached to an aromatic ring is 2. The molecule has 0 saturated heterocycles. The van der Waals surface area contributed by atoms with Gasteiger partial charge in [0.1, 0.15) is 21.5 Å². The lowest BCUT2D eigenvalue weighted by atomic mass is 10.2. The summed E-state index contributed by atoms with van der Waals surface area (Å²) in [5, 5.41) is 9.02. The van der Waals surface area contributed by atoms with E-state index < -0.39 is 11.8 Å². The summed E-state index contributed by atoms with van der Waals surface area (Å²) in [6.07, 6.45) is 0. The zero-order valence-corrected chi connectivity index (χ0v) is 11.5. The molecule has 0 unspecified atom stereocenters. The Morgan fingerprint density at radius 3 is 2.29 bits per heavy atom. The minimum absolute atomic E-state index is 0.00598. The summed E-state index contributed by atoms with van der Waals surface area (Å²) < 4.78 is 0. The smallest absolute Gasteiger partial charge is 0.282 e. The summed E-state index contributed by atoms with van der Waals surface area (Å²) in [6, 6.07) is 10.2. The van der Waals surface area contributed by atoms with E-state index in [1.54, 1.807) is 30.3 Å². The van der Waals surface area contributed by atoms with Gasteiger partial charge in [-0.15, -0.1) is 11.3 Å². The van der Waals surface area contributed by atoms with Crippen molar-refractivity contribution in [2.45, 2.75) is 0 Å². The van der Waals surface area contributed by atoms with Crippen LogP contribution < -0.4 is 22.3 Å². The van der Waals surface area contributed by atoms with E-state index in [2.05, 4.69) is 10.9 Å². The fourth-order valence-electron chi connectivity index (χ4n) is 1.58. The van der Waals surface area contributed by atoms with Crippen molar-refractivity contribution in [2.75, 3.05) is 11.5 Å². The monoisotopic (exact) mass is 301 g/mol. The molecule has 1 aromatic heterocycles. The highest BCUT2D eigenvalue weighted by molar-refractivity contribution is 7.18. The van der Waals surface area contributed by atoms with Crippen LogP contribution in [0.4, 0.5) is 10.7 Å². The predicted octanol–water partition coefficient (Wildman–Crippen LogP) is 0.859. The minimum atomic E-state index is -0.630. The normalized spacial score (nSPS) is 9.67. The number of amides is 2. The van der Waals surface area contributed by atoms with Crippen LogP contribution in [0.1, 0.15) is 25.6 Å². The first kappa shape index (κ1) is 14.4. The van der Waals surface area contributed by atoms with Crippen molar-refractivity contribution in [2.24, 2.45) is 0 Å². The van der Waals surface area contributed by atoms with E-state index in [0.717, 1.165) is 11.3 Å². The van der Waals surface area contributed by atoms with Crippen LogP contribution in [0.2, 0.25) is 0 Å². The third kappa shape index (κ3) is 2.93. The van der Waals surface area contributed by atoms with E-state index in [0.29, 0.717) is 5.56 Å². The average molecular weight is 301 g/mol. The first-order chi connectivity index (χ1) is 10.0. The van der Waals surface area contributed by atoms with Crippen molar-refractivity contribution in [3.05, 3.63) is 46.3 Å². The highest BCUT2D eigenvalue weighted by Gasteiger charge is 2.20. The second-order valence-electron chi connectivity index (χ2n) is 3.97. The molecule has 2 aromatic rings. The Kier molecular flexibility index (Phi) is 4.06. The van der Waals surface area contributed by atoms with Crippen LogP contribution >= 0.6 is 11.3 Å². The van der Waals surface area contributed by atoms with E-state index in [1.807, 2.05) is 6.07 Å². The van der Waals surface area contributed by atoms with Crippen LogP contribution in [0, 0.1) is 11.3 Å². The third-order valence-corrected chi connectivity index (χ3v) is 3.65. The van der Waals surface area contributed by atoms with E-state index in [1.165, 1.54) is 0 Å². The van der Waals surface area contributed by atoms with Gasteiger partial charge in [-0.05, 0) is 12.1 Å². The van der Waals surface area contributed by atoms with Gasteiger partial charge < -0.3 is 11.5 Å². The topological polar surface area (TPSA) is 134 Å². The summed E-state index contributed by atoms with van der Waals surface area (Å²) >= 11 is 0.888. The molecule has 0 aliphatic carbocycles. The molecule has 0 bridgehead atoms. The van der Waals surface area contributed by atoms with E-state index in [9.17, 15) is 9.59 Å². The maximum absolute atomic E-state index is 11.9. The number of nitrogens with two attached hydrogens (primary N) is 2. The van der Waals surface area contributed by atoms with Gasteiger partial charge in [-0.1, -0.05) is 18.2 Å². The van der Waals surface area contributed by atoms with Gasteiger partial charge in [0.05, 0.1) is 5.69 Å². The van der Waals surface area contributed by atoms with Gasteiger partial charge in [0, 0.05) is 5.56 Å². The largest absolute Gasteiger partial charge is 0.396 e. The lowest BCUT2D eigenvalue weighted by molar-refractivity contribution is 0.0849. The zero-order valence-electron chi connectivity index (χ0n) is 10.7. The van der Waals surface area contributed by atoms with Crippen molar-refractivity contribution in [3.8, 4) is 6.07 Å². The van der Waals surface area contributed by atoms with Gasteiger partial charge in [0.25, 0.3) is 11.8 Å². The number of hydrogen-bond acceptors (Lipinski definition) is 6. The summed E-state index contributed by atoms with van der Waals surface area (Å²) in [6.45, 7) is 0. The first-order valence-corrected chi connectivity index (χ1v) is 6.59. The number of nitrogens with zero attached hydrogens (tertiary/aromatic N) is 1. The highest BCUT2D eigenvalue weighted by atomic mass is 32.1. The average Bonchev–Trinajstić information content (AvgIpc) is 2.79. The SMILES string of the molecule is N#Cc1c(N)sc(C(=O)NNC(=O)c2ccccc2)c1N. The number of hydrogen-bond donors (Lipinski definition) is 4. The molecule has 7 nitrogen and oxygen atoms in total. The van der Waals surface area contributed by atoms with Crippen LogP contribution in [0.15, 0.2) is 30.3 Å². The molecule has 6 N–H and O–H groups in total. The number of carbonyl (C=O) groups excluding carboxylic acids is 2. The number of benzene rings is 1. The Balaban J connectivity index is 2.06. The lowest BCUT2D eigenvalue weighted by Crippen LogP contribution is -2.41. The van der Waals surface area contributed by atoms with Gasteiger partial charge in [0.15, 0.2) is 0 Å². The van der Waals surface area contributed by atoms with Crippen LogP contribution in [-0.2, 0) is 0 Å². The predicted molar refractivity (Wildman–Crippen MR) is 79.2 cm³/mol. The highest BCUT2D eigenvalue weighted by Crippen LogP contribution is 2.32. The molecule has 0 radical (unpaired) electrons. The molecular weight excluding hydrogens is 290 g/mol. The summed E-state index contributed by atoms with van der Waals surface area (Å²) in [5.74, 6) is -1.09. The van der Waals surface area contributed by atoms with Gasteiger partial charge in [-0.3, -0.25) is 20.4 Å². The zero-order chi connectivity index (χ0) is 15.4. The number of nitrogens with one attached hydrogen (secondary N) is 2. The van der Waals surface area contributed by atoms with Gasteiger partial charge in [-0.25, -0.2) is 0 Å². The molecule has 0 saturated carbocycles. The van der Waals surface area contributed by atoms with Crippen LogP contribution in [-0.4, -0.2) is 11.8 Å². The molecule has 2 rings (SSSR count). The molecule has 106 valence electrons. The van der Waals surface area contributed by atoms with Crippen molar-refractivity contribution >= 4 is 33.8 Å². The number of thiophene rings is 1. The minimum Gasteiger partial charge on any atom is -0.396 e. The number of anilines is 2.